The van der Waals surface area contributed by atoms with Crippen LogP contribution in [0.2, 0.25) is 0 Å². The monoisotopic (exact) mass is 288 g/mol. The van der Waals surface area contributed by atoms with E-state index in [9.17, 15) is 9.59 Å². The van der Waals surface area contributed by atoms with Crippen molar-refractivity contribution in [2.45, 2.75) is 19.3 Å². The number of benzene rings is 1. The minimum absolute atomic E-state index is 0.0289. The molecular formula is C15H20N4O2. The number of carbonyl (C=O) groups excluding carboxylic acids is 2. The van der Waals surface area contributed by atoms with Gasteiger partial charge in [-0.15, -0.1) is 0 Å². The molecule has 1 fully saturated rings. The quantitative estimate of drug-likeness (QED) is 0.750. The number of aryl methyl sites for hydroxylation is 1. The van der Waals surface area contributed by atoms with Crippen LogP contribution in [0.3, 0.4) is 0 Å². The highest BCUT2D eigenvalue weighted by Crippen LogP contribution is 2.33. The molecule has 3 N–H and O–H groups in total. The topological polar surface area (TPSA) is 78.7 Å². The van der Waals surface area contributed by atoms with Gasteiger partial charge in [-0.2, -0.15) is 0 Å². The average Bonchev–Trinajstić information content (AvgIpc) is 2.60. The van der Waals surface area contributed by atoms with E-state index in [1.165, 1.54) is 0 Å². The molecule has 0 aromatic heterocycles. The van der Waals surface area contributed by atoms with Crippen LogP contribution in [-0.4, -0.2) is 43.4 Å². The largest absolute Gasteiger partial charge is 0.397 e. The predicted octanol–water partition coefficient (Wildman–Crippen LogP) is 0.822. The minimum Gasteiger partial charge on any atom is -0.397 e. The number of rotatable bonds is 1. The summed E-state index contributed by atoms with van der Waals surface area (Å²) in [5, 5.41) is 2.85. The zero-order valence-corrected chi connectivity index (χ0v) is 12.2. The highest BCUT2D eigenvalue weighted by Gasteiger charge is 2.23. The van der Waals surface area contributed by atoms with E-state index < -0.39 is 0 Å². The third-order valence-corrected chi connectivity index (χ3v) is 4.16. The van der Waals surface area contributed by atoms with E-state index >= 15 is 0 Å². The number of nitrogens with one attached hydrogen (secondary N) is 1. The second kappa shape index (κ2) is 5.27. The second-order valence-corrected chi connectivity index (χ2v) is 5.71. The van der Waals surface area contributed by atoms with E-state index in [0.717, 1.165) is 42.9 Å². The maximum absolute atomic E-state index is 12.0. The van der Waals surface area contributed by atoms with Crippen LogP contribution in [0.15, 0.2) is 12.1 Å². The lowest BCUT2D eigenvalue weighted by atomic mass is 10.0. The first kappa shape index (κ1) is 13.7. The molecule has 0 unspecified atom stereocenters. The number of hydrogen-bond donors (Lipinski definition) is 2. The summed E-state index contributed by atoms with van der Waals surface area (Å²) in [6, 6.07) is 3.82. The summed E-state index contributed by atoms with van der Waals surface area (Å²) in [7, 11) is 1.83. The third-order valence-electron chi connectivity index (χ3n) is 4.16. The number of nitrogen functional groups attached to an aromatic ring is 1. The Balaban J connectivity index is 1.91. The Morgan fingerprint density at radius 3 is 2.81 bits per heavy atom. The fourth-order valence-corrected chi connectivity index (χ4v) is 2.90. The molecule has 21 heavy (non-hydrogen) atoms. The molecule has 6 heteroatoms. The molecule has 2 heterocycles. The summed E-state index contributed by atoms with van der Waals surface area (Å²) < 4.78 is 0. The molecule has 0 atom stereocenters. The van der Waals surface area contributed by atoms with Gasteiger partial charge in [0.15, 0.2) is 0 Å². The van der Waals surface area contributed by atoms with Crippen molar-refractivity contribution >= 4 is 28.9 Å². The van der Waals surface area contributed by atoms with Gasteiger partial charge in [0, 0.05) is 32.2 Å². The van der Waals surface area contributed by atoms with Crippen molar-refractivity contribution in [1.29, 1.82) is 0 Å². The van der Waals surface area contributed by atoms with Crippen LogP contribution < -0.4 is 16.0 Å². The van der Waals surface area contributed by atoms with Crippen molar-refractivity contribution in [2.24, 2.45) is 0 Å². The minimum atomic E-state index is 0.0289. The van der Waals surface area contributed by atoms with E-state index in [4.69, 9.17) is 5.73 Å². The van der Waals surface area contributed by atoms with Crippen LogP contribution in [0.25, 0.3) is 0 Å². The number of fused-ring (bicyclic) bond motifs is 1. The summed E-state index contributed by atoms with van der Waals surface area (Å²) in [6.45, 7) is 1.94. The number of nitrogens with zero attached hydrogens (tertiary/aromatic N) is 2. The Bertz CT molecular complexity index is 600. The zero-order chi connectivity index (χ0) is 15.0. The molecule has 6 nitrogen and oxygen atoms in total. The van der Waals surface area contributed by atoms with Crippen LogP contribution >= 0.6 is 0 Å². The first-order chi connectivity index (χ1) is 10.0. The SMILES string of the molecule is CN1CCCN(c2cc3c(cc2N)NC(=O)CC3)CC1=O. The molecule has 0 radical (unpaired) electrons. The molecule has 0 bridgehead atoms. The summed E-state index contributed by atoms with van der Waals surface area (Å²) in [5.74, 6) is 0.138. The first-order valence-corrected chi connectivity index (χ1v) is 7.26. The number of likely N-dealkylation sites (N-methyl/N-ethyl adjacent to an activating group) is 1. The van der Waals surface area contributed by atoms with Gasteiger partial charge in [-0.05, 0) is 30.5 Å². The molecule has 3 rings (SSSR count). The molecule has 2 aliphatic rings. The molecule has 2 amide bonds. The molecule has 1 saturated heterocycles. The third kappa shape index (κ3) is 2.66. The Morgan fingerprint density at radius 1 is 1.19 bits per heavy atom. The van der Waals surface area contributed by atoms with Gasteiger partial charge in [-0.25, -0.2) is 0 Å². The van der Waals surface area contributed by atoms with Gasteiger partial charge in [0.25, 0.3) is 0 Å². The lowest BCUT2D eigenvalue weighted by Crippen LogP contribution is -2.34. The summed E-state index contributed by atoms with van der Waals surface area (Å²) in [5.41, 5.74) is 9.52. The van der Waals surface area contributed by atoms with Gasteiger partial charge in [0.2, 0.25) is 11.8 Å². The van der Waals surface area contributed by atoms with Crippen LogP contribution in [0.4, 0.5) is 17.1 Å². The molecule has 0 saturated carbocycles. The van der Waals surface area contributed by atoms with Crippen molar-refractivity contribution in [1.82, 2.24) is 4.90 Å². The van der Waals surface area contributed by atoms with Gasteiger partial charge >= 0.3 is 0 Å². The Morgan fingerprint density at radius 2 is 2.00 bits per heavy atom. The lowest BCUT2D eigenvalue weighted by molar-refractivity contribution is -0.127. The van der Waals surface area contributed by atoms with E-state index in [1.807, 2.05) is 18.0 Å². The maximum Gasteiger partial charge on any atom is 0.241 e. The molecule has 1 aromatic carbocycles. The molecule has 112 valence electrons. The molecule has 0 aliphatic carbocycles. The second-order valence-electron chi connectivity index (χ2n) is 5.71. The molecule has 0 spiro atoms. The van der Waals surface area contributed by atoms with Crippen molar-refractivity contribution in [2.75, 3.05) is 42.6 Å². The van der Waals surface area contributed by atoms with E-state index in [1.54, 1.807) is 11.0 Å². The first-order valence-electron chi connectivity index (χ1n) is 7.26. The van der Waals surface area contributed by atoms with Gasteiger partial charge in [-0.3, -0.25) is 9.59 Å². The van der Waals surface area contributed by atoms with Crippen molar-refractivity contribution < 1.29 is 9.59 Å². The summed E-state index contributed by atoms with van der Waals surface area (Å²) in [4.78, 5) is 27.3. The van der Waals surface area contributed by atoms with Crippen LogP contribution in [0.1, 0.15) is 18.4 Å². The Labute approximate surface area is 123 Å². The van der Waals surface area contributed by atoms with Crippen LogP contribution in [-0.2, 0) is 16.0 Å². The fourth-order valence-electron chi connectivity index (χ4n) is 2.90. The average molecular weight is 288 g/mol. The zero-order valence-electron chi connectivity index (χ0n) is 12.2. The number of amides is 2. The van der Waals surface area contributed by atoms with Crippen molar-refractivity contribution in [3.8, 4) is 0 Å². The maximum atomic E-state index is 12.0. The lowest BCUT2D eigenvalue weighted by Gasteiger charge is -2.26. The van der Waals surface area contributed by atoms with Crippen LogP contribution in [0, 0.1) is 0 Å². The Hall–Kier alpha value is -2.24. The van der Waals surface area contributed by atoms with E-state index in [0.29, 0.717) is 18.7 Å². The van der Waals surface area contributed by atoms with Gasteiger partial charge in [0.05, 0.1) is 17.9 Å². The summed E-state index contributed by atoms with van der Waals surface area (Å²) in [6.07, 6.45) is 2.14. The number of carbonyl (C=O) groups is 2. The fraction of sp³-hybridized carbons (Fsp3) is 0.467. The van der Waals surface area contributed by atoms with Gasteiger partial charge < -0.3 is 20.9 Å². The number of hydrogen-bond acceptors (Lipinski definition) is 4. The van der Waals surface area contributed by atoms with Crippen LogP contribution in [0.5, 0.6) is 0 Å². The van der Waals surface area contributed by atoms with Crippen molar-refractivity contribution in [3.05, 3.63) is 17.7 Å². The van der Waals surface area contributed by atoms with Gasteiger partial charge in [-0.1, -0.05) is 0 Å². The predicted molar refractivity (Wildman–Crippen MR) is 82.3 cm³/mol. The van der Waals surface area contributed by atoms with E-state index in [-0.39, 0.29) is 11.8 Å². The molecular weight excluding hydrogens is 268 g/mol. The number of nitrogens with two attached hydrogens (primary N) is 1. The highest BCUT2D eigenvalue weighted by molar-refractivity contribution is 5.96. The van der Waals surface area contributed by atoms with Crippen molar-refractivity contribution in [3.63, 3.8) is 0 Å². The normalized spacial score (nSPS) is 19.1. The van der Waals surface area contributed by atoms with Gasteiger partial charge in [0.1, 0.15) is 0 Å². The summed E-state index contributed by atoms with van der Waals surface area (Å²) >= 11 is 0. The molecule has 2 aliphatic heterocycles. The highest BCUT2D eigenvalue weighted by atomic mass is 16.2. The Kier molecular flexibility index (Phi) is 3.45. The van der Waals surface area contributed by atoms with E-state index in [2.05, 4.69) is 5.32 Å². The molecule has 1 aromatic rings. The smallest absolute Gasteiger partial charge is 0.241 e. The standard InChI is InChI=1S/C15H20N4O2/c1-18-5-2-6-19(9-15(18)21)13-7-10-3-4-14(20)17-12(10)8-11(13)16/h7-8H,2-6,9,16H2,1H3,(H,17,20). The number of anilines is 3.